The Morgan fingerprint density at radius 3 is 2.59 bits per heavy atom. The number of carbonyl (C=O) groups is 1. The SMILES string of the molecule is CC1NN2C(=NC(C)(C)C)C=C(C3CCCN(C(=O)OC(C)(C)C)C3)NC2=C1c1cnn(C)c1. The van der Waals surface area contributed by atoms with Gasteiger partial charge in [-0.3, -0.25) is 9.67 Å². The zero-order valence-corrected chi connectivity index (χ0v) is 21.8. The van der Waals surface area contributed by atoms with Gasteiger partial charge in [-0.1, -0.05) is 0 Å². The Hall–Kier alpha value is -2.81. The zero-order valence-electron chi connectivity index (χ0n) is 21.8. The van der Waals surface area contributed by atoms with Crippen molar-refractivity contribution >= 4 is 17.5 Å². The van der Waals surface area contributed by atoms with Gasteiger partial charge >= 0.3 is 6.09 Å². The molecule has 186 valence electrons. The van der Waals surface area contributed by atoms with Crippen molar-refractivity contribution in [3.8, 4) is 0 Å². The van der Waals surface area contributed by atoms with Crippen molar-refractivity contribution in [2.24, 2.45) is 18.0 Å². The van der Waals surface area contributed by atoms with Crippen molar-refractivity contribution in [1.82, 2.24) is 30.4 Å². The molecule has 1 fully saturated rings. The van der Waals surface area contributed by atoms with Crippen LogP contribution < -0.4 is 10.7 Å². The van der Waals surface area contributed by atoms with E-state index in [0.29, 0.717) is 6.54 Å². The van der Waals surface area contributed by atoms with Gasteiger partial charge in [-0.25, -0.2) is 15.2 Å². The summed E-state index contributed by atoms with van der Waals surface area (Å²) in [4.78, 5) is 19.6. The molecule has 0 bridgehead atoms. The number of fused-ring (bicyclic) bond motifs is 1. The number of aryl methyl sites for hydroxylation is 1. The van der Waals surface area contributed by atoms with Gasteiger partial charge in [-0.05, 0) is 61.3 Å². The number of amidine groups is 1. The van der Waals surface area contributed by atoms with Crippen LogP contribution in [0, 0.1) is 5.92 Å². The number of piperidine rings is 1. The van der Waals surface area contributed by atoms with E-state index in [9.17, 15) is 4.79 Å². The Morgan fingerprint density at radius 1 is 1.24 bits per heavy atom. The zero-order chi connectivity index (χ0) is 24.8. The van der Waals surface area contributed by atoms with Crippen LogP contribution in [0.2, 0.25) is 0 Å². The van der Waals surface area contributed by atoms with Crippen LogP contribution in [0.5, 0.6) is 0 Å². The first-order valence-electron chi connectivity index (χ1n) is 12.2. The summed E-state index contributed by atoms with van der Waals surface area (Å²) in [5.74, 6) is 2.03. The van der Waals surface area contributed by atoms with E-state index in [1.54, 1.807) is 0 Å². The number of nitrogens with zero attached hydrogens (tertiary/aromatic N) is 5. The fourth-order valence-corrected chi connectivity index (χ4v) is 4.64. The smallest absolute Gasteiger partial charge is 0.410 e. The first-order chi connectivity index (χ1) is 15.8. The molecule has 4 rings (SSSR count). The predicted octanol–water partition coefficient (Wildman–Crippen LogP) is 3.63. The Labute approximate surface area is 202 Å². The van der Waals surface area contributed by atoms with E-state index >= 15 is 0 Å². The minimum atomic E-state index is -0.505. The van der Waals surface area contributed by atoms with Crippen LogP contribution in [0.3, 0.4) is 0 Å². The number of hydrogen-bond acceptors (Lipinski definition) is 6. The molecule has 1 aromatic rings. The van der Waals surface area contributed by atoms with Crippen LogP contribution >= 0.6 is 0 Å². The summed E-state index contributed by atoms with van der Waals surface area (Å²) >= 11 is 0. The molecular weight excluding hydrogens is 430 g/mol. The van der Waals surface area contributed by atoms with Crippen LogP contribution in [0.15, 0.2) is 35.0 Å². The third kappa shape index (κ3) is 5.29. The van der Waals surface area contributed by atoms with Crippen LogP contribution in [-0.4, -0.2) is 61.9 Å². The Bertz CT molecular complexity index is 1040. The lowest BCUT2D eigenvalue weighted by molar-refractivity contribution is 0.0180. The highest BCUT2D eigenvalue weighted by molar-refractivity contribution is 5.98. The van der Waals surface area contributed by atoms with Gasteiger partial charge < -0.3 is 15.0 Å². The van der Waals surface area contributed by atoms with Crippen molar-refractivity contribution in [2.45, 2.75) is 78.5 Å². The lowest BCUT2D eigenvalue weighted by Crippen LogP contribution is -2.49. The number of hydrogen-bond donors (Lipinski definition) is 2. The normalized spacial score (nSPS) is 24.8. The Morgan fingerprint density at radius 2 is 1.97 bits per heavy atom. The molecule has 34 heavy (non-hydrogen) atoms. The van der Waals surface area contributed by atoms with Gasteiger partial charge in [-0.15, -0.1) is 0 Å². The minimum absolute atomic E-state index is 0.0919. The average molecular weight is 470 g/mol. The third-order valence-corrected chi connectivity index (χ3v) is 5.99. The monoisotopic (exact) mass is 469 g/mol. The summed E-state index contributed by atoms with van der Waals surface area (Å²) in [6, 6.07) is 0.0919. The number of aliphatic imine (C=N–C) groups is 1. The first-order valence-corrected chi connectivity index (χ1v) is 12.2. The third-order valence-electron chi connectivity index (χ3n) is 5.99. The van der Waals surface area contributed by atoms with Gasteiger partial charge in [0, 0.05) is 55.2 Å². The summed E-state index contributed by atoms with van der Waals surface area (Å²) in [7, 11) is 1.93. The molecule has 1 amide bonds. The molecule has 2 N–H and O–H groups in total. The van der Waals surface area contributed by atoms with Crippen molar-refractivity contribution in [3.63, 3.8) is 0 Å². The molecule has 2 atom stereocenters. The molecule has 1 aromatic heterocycles. The van der Waals surface area contributed by atoms with E-state index in [-0.39, 0.29) is 23.6 Å². The molecular formula is C25H39N7O2. The van der Waals surface area contributed by atoms with Gasteiger partial charge in [0.2, 0.25) is 0 Å². The van der Waals surface area contributed by atoms with Gasteiger partial charge in [-0.2, -0.15) is 5.10 Å². The van der Waals surface area contributed by atoms with Gasteiger partial charge in [0.05, 0.1) is 17.8 Å². The molecule has 0 aromatic carbocycles. The highest BCUT2D eigenvalue weighted by Crippen LogP contribution is 2.34. The second-order valence-electron chi connectivity index (χ2n) is 11.5. The van der Waals surface area contributed by atoms with Crippen molar-refractivity contribution in [2.75, 3.05) is 13.1 Å². The Balaban J connectivity index is 1.68. The van der Waals surface area contributed by atoms with E-state index < -0.39 is 5.60 Å². The number of aromatic nitrogens is 2. The van der Waals surface area contributed by atoms with Crippen LogP contribution in [0.25, 0.3) is 5.57 Å². The molecule has 9 heteroatoms. The van der Waals surface area contributed by atoms with Gasteiger partial charge in [0.1, 0.15) is 17.3 Å². The number of amides is 1. The molecule has 3 aliphatic rings. The summed E-state index contributed by atoms with van der Waals surface area (Å²) in [5, 5.41) is 10.1. The maximum absolute atomic E-state index is 12.8. The van der Waals surface area contributed by atoms with E-state index in [2.05, 4.69) is 54.6 Å². The van der Waals surface area contributed by atoms with Crippen molar-refractivity contribution in [1.29, 1.82) is 0 Å². The first kappa shape index (κ1) is 24.3. The van der Waals surface area contributed by atoms with Crippen LogP contribution in [0.1, 0.15) is 66.9 Å². The topological polar surface area (TPSA) is 87.0 Å². The molecule has 0 aliphatic carbocycles. The lowest BCUT2D eigenvalue weighted by atomic mass is 9.93. The van der Waals surface area contributed by atoms with E-state index in [4.69, 9.17) is 9.73 Å². The largest absolute Gasteiger partial charge is 0.444 e. The maximum Gasteiger partial charge on any atom is 0.410 e. The molecule has 3 aliphatic heterocycles. The number of hydrazine groups is 1. The molecule has 9 nitrogen and oxygen atoms in total. The number of rotatable bonds is 2. The highest BCUT2D eigenvalue weighted by atomic mass is 16.6. The van der Waals surface area contributed by atoms with E-state index in [1.165, 1.54) is 0 Å². The summed E-state index contributed by atoms with van der Waals surface area (Å²) in [6.07, 6.45) is 7.75. The summed E-state index contributed by atoms with van der Waals surface area (Å²) < 4.78 is 7.47. The Kier molecular flexibility index (Phi) is 6.27. The number of nitrogens with one attached hydrogen (secondary N) is 2. The van der Waals surface area contributed by atoms with Gasteiger partial charge in [0.25, 0.3) is 0 Å². The van der Waals surface area contributed by atoms with E-state index in [1.807, 2.05) is 49.8 Å². The van der Waals surface area contributed by atoms with Crippen LogP contribution in [0.4, 0.5) is 4.79 Å². The average Bonchev–Trinajstić information content (AvgIpc) is 3.27. The fraction of sp³-hybridized carbons (Fsp3) is 0.640. The van der Waals surface area contributed by atoms with Crippen molar-refractivity contribution in [3.05, 3.63) is 35.6 Å². The van der Waals surface area contributed by atoms with E-state index in [0.717, 1.165) is 47.9 Å². The van der Waals surface area contributed by atoms with Gasteiger partial charge in [0.15, 0.2) is 0 Å². The molecule has 2 unspecified atom stereocenters. The highest BCUT2D eigenvalue weighted by Gasteiger charge is 2.38. The second-order valence-corrected chi connectivity index (χ2v) is 11.5. The summed E-state index contributed by atoms with van der Waals surface area (Å²) in [6.45, 7) is 15.5. The fourth-order valence-electron chi connectivity index (χ4n) is 4.64. The molecule has 0 radical (unpaired) electrons. The second kappa shape index (κ2) is 8.76. The standard InChI is InChI=1S/C25H39N7O2/c1-16-21(18-13-26-30(8)14-18)22-27-19(12-20(32(22)29-16)28-24(2,3)4)17-10-9-11-31(15-17)23(33)34-25(5,6)7/h12-14,16-17,27,29H,9-11,15H2,1-8H3. The number of ether oxygens (including phenoxy) is 1. The maximum atomic E-state index is 12.8. The molecule has 1 saturated heterocycles. The minimum Gasteiger partial charge on any atom is -0.444 e. The number of likely N-dealkylation sites (tertiary alicyclic amines) is 1. The van der Waals surface area contributed by atoms with Crippen molar-refractivity contribution < 1.29 is 9.53 Å². The lowest BCUT2D eigenvalue weighted by Gasteiger charge is -2.38. The quantitative estimate of drug-likeness (QED) is 0.688. The molecule has 0 saturated carbocycles. The molecule has 4 heterocycles. The van der Waals surface area contributed by atoms with Crippen LogP contribution in [-0.2, 0) is 11.8 Å². The molecule has 0 spiro atoms. The summed E-state index contributed by atoms with van der Waals surface area (Å²) in [5.41, 5.74) is 6.13. The predicted molar refractivity (Wildman–Crippen MR) is 134 cm³/mol. The number of carbonyl (C=O) groups excluding carboxylic acids is 1.